The van der Waals surface area contributed by atoms with Crippen molar-refractivity contribution in [2.45, 2.75) is 12.8 Å². The summed E-state index contributed by atoms with van der Waals surface area (Å²) in [6, 6.07) is 16.7. The maximum absolute atomic E-state index is 5.93. The summed E-state index contributed by atoms with van der Waals surface area (Å²) >= 11 is 5.93. The van der Waals surface area contributed by atoms with E-state index >= 15 is 0 Å². The van der Waals surface area contributed by atoms with Gasteiger partial charge in [0.25, 0.3) is 0 Å². The quantitative estimate of drug-likeness (QED) is 0.677. The first-order chi connectivity index (χ1) is 8.34. The second-order valence-corrected chi connectivity index (χ2v) is 4.76. The Morgan fingerprint density at radius 2 is 1.65 bits per heavy atom. The Morgan fingerprint density at radius 3 is 2.47 bits per heavy atom. The van der Waals surface area contributed by atoms with Crippen LogP contribution in [0.5, 0.6) is 0 Å². The van der Waals surface area contributed by atoms with Gasteiger partial charge in [0.05, 0.1) is 0 Å². The van der Waals surface area contributed by atoms with Crippen molar-refractivity contribution in [2.75, 3.05) is 0 Å². The zero-order valence-corrected chi connectivity index (χ0v) is 10.2. The van der Waals surface area contributed by atoms with Gasteiger partial charge in [-0.25, -0.2) is 0 Å². The number of rotatable bonds is 1. The lowest BCUT2D eigenvalue weighted by molar-refractivity contribution is 0.978. The molecule has 0 fully saturated rings. The zero-order valence-electron chi connectivity index (χ0n) is 9.49. The zero-order chi connectivity index (χ0) is 11.7. The SMILES string of the molecule is Clc1ccc(C2=CCCc3ccccc32)cc1. The van der Waals surface area contributed by atoms with E-state index in [0.29, 0.717) is 0 Å². The molecule has 0 nitrogen and oxygen atoms in total. The molecule has 0 bridgehead atoms. The summed E-state index contributed by atoms with van der Waals surface area (Å²) in [5, 5.41) is 0.790. The van der Waals surface area contributed by atoms with E-state index in [2.05, 4.69) is 42.5 Å². The number of halogens is 1. The van der Waals surface area contributed by atoms with Crippen LogP contribution in [0.4, 0.5) is 0 Å². The predicted octanol–water partition coefficient (Wildman–Crippen LogP) is 4.72. The molecule has 0 aliphatic heterocycles. The van der Waals surface area contributed by atoms with E-state index in [0.717, 1.165) is 17.9 Å². The maximum atomic E-state index is 5.93. The Kier molecular flexibility index (Phi) is 2.74. The Balaban J connectivity index is 2.09. The van der Waals surface area contributed by atoms with Crippen molar-refractivity contribution in [2.24, 2.45) is 0 Å². The van der Waals surface area contributed by atoms with Gasteiger partial charge in [-0.05, 0) is 47.2 Å². The van der Waals surface area contributed by atoms with Crippen molar-refractivity contribution in [1.29, 1.82) is 0 Å². The van der Waals surface area contributed by atoms with Gasteiger partial charge < -0.3 is 0 Å². The summed E-state index contributed by atoms with van der Waals surface area (Å²) in [6.45, 7) is 0. The fourth-order valence-electron chi connectivity index (χ4n) is 2.39. The number of hydrogen-bond donors (Lipinski definition) is 0. The third kappa shape index (κ3) is 2.01. The summed E-state index contributed by atoms with van der Waals surface area (Å²) in [5.74, 6) is 0. The summed E-state index contributed by atoms with van der Waals surface area (Å²) in [7, 11) is 0. The van der Waals surface area contributed by atoms with E-state index in [1.165, 1.54) is 22.3 Å². The molecule has 0 aromatic heterocycles. The Bertz CT molecular complexity index is 564. The summed E-state index contributed by atoms with van der Waals surface area (Å²) in [5.41, 5.74) is 5.39. The molecular weight excluding hydrogens is 228 g/mol. The molecule has 0 saturated heterocycles. The van der Waals surface area contributed by atoms with Crippen molar-refractivity contribution >= 4 is 17.2 Å². The molecular formula is C16H13Cl. The molecule has 0 unspecified atom stereocenters. The first kappa shape index (κ1) is 10.6. The van der Waals surface area contributed by atoms with Crippen LogP contribution in [0, 0.1) is 0 Å². The lowest BCUT2D eigenvalue weighted by Gasteiger charge is -2.17. The topological polar surface area (TPSA) is 0 Å². The van der Waals surface area contributed by atoms with Crippen LogP contribution < -0.4 is 0 Å². The highest BCUT2D eigenvalue weighted by molar-refractivity contribution is 6.30. The van der Waals surface area contributed by atoms with E-state index in [1.807, 2.05) is 12.1 Å². The predicted molar refractivity (Wildman–Crippen MR) is 73.3 cm³/mol. The Hall–Kier alpha value is -1.53. The summed E-state index contributed by atoms with van der Waals surface area (Å²) in [4.78, 5) is 0. The minimum absolute atomic E-state index is 0.790. The molecule has 0 atom stereocenters. The van der Waals surface area contributed by atoms with Crippen LogP contribution in [0.2, 0.25) is 5.02 Å². The third-order valence-electron chi connectivity index (χ3n) is 3.22. The second-order valence-electron chi connectivity index (χ2n) is 4.32. The first-order valence-electron chi connectivity index (χ1n) is 5.89. The molecule has 0 saturated carbocycles. The number of aryl methyl sites for hydroxylation is 1. The van der Waals surface area contributed by atoms with Crippen molar-refractivity contribution in [3.8, 4) is 0 Å². The molecule has 0 heterocycles. The fourth-order valence-corrected chi connectivity index (χ4v) is 2.51. The lowest BCUT2D eigenvalue weighted by Crippen LogP contribution is -2.00. The van der Waals surface area contributed by atoms with Crippen LogP contribution in [-0.4, -0.2) is 0 Å². The fraction of sp³-hybridized carbons (Fsp3) is 0.125. The van der Waals surface area contributed by atoms with Crippen molar-refractivity contribution < 1.29 is 0 Å². The van der Waals surface area contributed by atoms with Crippen LogP contribution in [-0.2, 0) is 6.42 Å². The van der Waals surface area contributed by atoms with Gasteiger partial charge in [-0.1, -0.05) is 54.1 Å². The van der Waals surface area contributed by atoms with E-state index in [1.54, 1.807) is 0 Å². The monoisotopic (exact) mass is 240 g/mol. The van der Waals surface area contributed by atoms with E-state index in [9.17, 15) is 0 Å². The first-order valence-corrected chi connectivity index (χ1v) is 6.27. The average molecular weight is 241 g/mol. The van der Waals surface area contributed by atoms with Gasteiger partial charge in [0, 0.05) is 5.02 Å². The molecule has 0 radical (unpaired) electrons. The summed E-state index contributed by atoms with van der Waals surface area (Å²) < 4.78 is 0. The molecule has 1 aliphatic rings. The minimum atomic E-state index is 0.790. The molecule has 0 N–H and O–H groups in total. The summed E-state index contributed by atoms with van der Waals surface area (Å²) in [6.07, 6.45) is 4.59. The smallest absolute Gasteiger partial charge is 0.0406 e. The van der Waals surface area contributed by atoms with Gasteiger partial charge in [-0.3, -0.25) is 0 Å². The molecule has 1 aliphatic carbocycles. The van der Waals surface area contributed by atoms with Crippen LogP contribution in [0.15, 0.2) is 54.6 Å². The highest BCUT2D eigenvalue weighted by Gasteiger charge is 2.12. The lowest BCUT2D eigenvalue weighted by atomic mass is 9.87. The van der Waals surface area contributed by atoms with E-state index in [-0.39, 0.29) is 0 Å². The van der Waals surface area contributed by atoms with Crippen LogP contribution >= 0.6 is 11.6 Å². The normalized spacial score (nSPS) is 14.1. The standard InChI is InChI=1S/C16H13Cl/c17-14-10-8-13(9-11-14)16-7-3-5-12-4-1-2-6-15(12)16/h1-2,4,6-11H,3,5H2. The van der Waals surface area contributed by atoms with Gasteiger partial charge in [-0.15, -0.1) is 0 Å². The van der Waals surface area contributed by atoms with Crippen molar-refractivity contribution in [3.63, 3.8) is 0 Å². The van der Waals surface area contributed by atoms with Gasteiger partial charge in [0.2, 0.25) is 0 Å². The minimum Gasteiger partial charge on any atom is -0.0843 e. The maximum Gasteiger partial charge on any atom is 0.0406 e. The van der Waals surface area contributed by atoms with Gasteiger partial charge in [0.1, 0.15) is 0 Å². The largest absolute Gasteiger partial charge is 0.0843 e. The van der Waals surface area contributed by atoms with Crippen LogP contribution in [0.3, 0.4) is 0 Å². The molecule has 0 amide bonds. The molecule has 1 heteroatoms. The van der Waals surface area contributed by atoms with E-state index in [4.69, 9.17) is 11.6 Å². The number of benzene rings is 2. The van der Waals surface area contributed by atoms with E-state index < -0.39 is 0 Å². The molecule has 0 spiro atoms. The van der Waals surface area contributed by atoms with Gasteiger partial charge in [0.15, 0.2) is 0 Å². The second kappa shape index (κ2) is 4.38. The Morgan fingerprint density at radius 1 is 0.882 bits per heavy atom. The third-order valence-corrected chi connectivity index (χ3v) is 3.48. The molecule has 2 aromatic rings. The van der Waals surface area contributed by atoms with Crippen molar-refractivity contribution in [3.05, 3.63) is 76.3 Å². The Labute approximate surface area is 107 Å². The molecule has 2 aromatic carbocycles. The van der Waals surface area contributed by atoms with Crippen LogP contribution in [0.25, 0.3) is 5.57 Å². The highest BCUT2D eigenvalue weighted by atomic mass is 35.5. The highest BCUT2D eigenvalue weighted by Crippen LogP contribution is 2.31. The van der Waals surface area contributed by atoms with Crippen LogP contribution in [0.1, 0.15) is 23.1 Å². The molecule has 84 valence electrons. The van der Waals surface area contributed by atoms with Gasteiger partial charge >= 0.3 is 0 Å². The number of allylic oxidation sites excluding steroid dienone is 1. The average Bonchev–Trinajstić information content (AvgIpc) is 2.39. The number of fused-ring (bicyclic) bond motifs is 1. The molecule has 3 rings (SSSR count). The molecule has 17 heavy (non-hydrogen) atoms. The van der Waals surface area contributed by atoms with Crippen molar-refractivity contribution in [1.82, 2.24) is 0 Å². The number of hydrogen-bond acceptors (Lipinski definition) is 0. The van der Waals surface area contributed by atoms with Gasteiger partial charge in [-0.2, -0.15) is 0 Å².